The van der Waals surface area contributed by atoms with Crippen LogP contribution in [0, 0.1) is 0 Å². The van der Waals surface area contributed by atoms with Gasteiger partial charge in [-0.1, -0.05) is 239 Å². The molecule has 1 saturated heterocycles. The zero-order chi connectivity index (χ0) is 51.7. The van der Waals surface area contributed by atoms with Gasteiger partial charge >= 0.3 is 0 Å². The normalized spacial score (nSPS) is 20.4. The molecule has 6 unspecified atom stereocenters. The topological polar surface area (TPSA) is 65.4 Å². The molecule has 8 heteroatoms. The van der Waals surface area contributed by atoms with Crippen molar-refractivity contribution in [3.8, 4) is 0 Å². The highest BCUT2D eigenvalue weighted by atomic mass is 31.1. The Bertz CT molecular complexity index is 2070. The molecule has 376 valence electrons. The number of hydrogen-bond donors (Lipinski definition) is 2. The molecule has 6 atom stereocenters. The van der Waals surface area contributed by atoms with Gasteiger partial charge in [0.2, 0.25) is 0 Å². The molecule has 0 aliphatic carbocycles. The van der Waals surface area contributed by atoms with Gasteiger partial charge in [-0.2, -0.15) is 10.1 Å². The van der Waals surface area contributed by atoms with Gasteiger partial charge in [0.15, 0.2) is 18.1 Å². The summed E-state index contributed by atoms with van der Waals surface area (Å²) in [5.74, 6) is 0. The summed E-state index contributed by atoms with van der Waals surface area (Å²) < 4.78 is 14.1. The highest BCUT2D eigenvalue weighted by Crippen LogP contribution is 2.61. The Morgan fingerprint density at radius 2 is 0.485 bits per heavy atom. The first-order valence-electron chi connectivity index (χ1n) is 25.0. The summed E-state index contributed by atoms with van der Waals surface area (Å²) in [6.45, 7) is 54.9. The van der Waals surface area contributed by atoms with Crippen molar-refractivity contribution in [3.63, 3.8) is 0 Å². The van der Waals surface area contributed by atoms with Gasteiger partial charge in [0.05, 0.1) is 24.2 Å². The van der Waals surface area contributed by atoms with E-state index in [9.17, 15) is 9.79 Å². The molecule has 1 heterocycles. The molecule has 0 amide bonds. The average molecular weight is 967 g/mol. The van der Waals surface area contributed by atoms with Crippen LogP contribution in [0.15, 0.2) is 72.8 Å². The van der Waals surface area contributed by atoms with Gasteiger partial charge < -0.3 is 9.79 Å². The van der Waals surface area contributed by atoms with Crippen molar-refractivity contribution in [2.24, 2.45) is 0 Å². The van der Waals surface area contributed by atoms with E-state index in [0.717, 1.165) is 22.3 Å². The Balaban J connectivity index is 2.16. The third-order valence-corrected chi connectivity index (χ3v) is 14.8. The summed E-state index contributed by atoms with van der Waals surface area (Å²) in [7, 11) is -1.69. The van der Waals surface area contributed by atoms with Crippen LogP contribution in [0.5, 0.6) is 0 Å². The molecule has 0 aromatic heterocycles. The van der Waals surface area contributed by atoms with Crippen LogP contribution < -0.4 is 0 Å². The van der Waals surface area contributed by atoms with E-state index in [1.165, 1.54) is 44.5 Å². The monoisotopic (exact) mass is 967 g/mol. The van der Waals surface area contributed by atoms with Gasteiger partial charge in [-0.15, -0.1) is 0 Å². The third-order valence-electron chi connectivity index (χ3n) is 14.2. The summed E-state index contributed by atoms with van der Waals surface area (Å²) in [4.78, 5) is 23.0. The Labute approximate surface area is 418 Å². The van der Waals surface area contributed by atoms with Crippen LogP contribution >= 0.6 is 18.1 Å². The number of benzene rings is 4. The number of rotatable bonds is 8. The number of piperazine rings is 1. The average Bonchev–Trinajstić information content (AvgIpc) is 3.17. The summed E-state index contributed by atoms with van der Waals surface area (Å²) in [6, 6.07) is 25.9. The summed E-state index contributed by atoms with van der Waals surface area (Å²) >= 11 is 0. The molecule has 4 aromatic carbocycles. The second kappa shape index (κ2) is 19.5. The first-order chi connectivity index (χ1) is 30.7. The summed E-state index contributed by atoms with van der Waals surface area (Å²) in [6.07, 6.45) is 0. The molecule has 1 aliphatic rings. The number of nitrogens with zero attached hydrogens (tertiary/aromatic N) is 2. The molecule has 5 rings (SSSR count). The highest BCUT2D eigenvalue weighted by Gasteiger charge is 2.55. The zero-order valence-corrected chi connectivity index (χ0v) is 48.8. The Kier molecular flexibility index (Phi) is 16.2. The predicted molar refractivity (Wildman–Crippen MR) is 293 cm³/mol. The van der Waals surface area contributed by atoms with E-state index in [4.69, 9.17) is 9.25 Å². The van der Waals surface area contributed by atoms with Crippen LogP contribution in [0.25, 0.3) is 0 Å². The fourth-order valence-corrected chi connectivity index (χ4v) is 10.8. The molecular formula is C60H92N2O4P2. The van der Waals surface area contributed by atoms with Gasteiger partial charge in [-0.05, 0) is 110 Å². The first kappa shape index (κ1) is 56.4. The van der Waals surface area contributed by atoms with E-state index in [0.29, 0.717) is 0 Å². The molecule has 0 radical (unpaired) electrons. The fourth-order valence-electron chi connectivity index (χ4n) is 10.2. The second-order valence-corrected chi connectivity index (χ2v) is 28.8. The van der Waals surface area contributed by atoms with Gasteiger partial charge in [-0.25, -0.2) is 9.25 Å². The lowest BCUT2D eigenvalue weighted by Crippen LogP contribution is -2.53. The predicted octanol–water partition coefficient (Wildman–Crippen LogP) is 16.8. The van der Waals surface area contributed by atoms with Crippen molar-refractivity contribution < 1.29 is 19.0 Å². The van der Waals surface area contributed by atoms with Crippen molar-refractivity contribution >= 4 is 18.1 Å². The molecule has 0 saturated carbocycles. The van der Waals surface area contributed by atoms with E-state index in [1.54, 1.807) is 0 Å². The van der Waals surface area contributed by atoms with Gasteiger partial charge in [0, 0.05) is 0 Å². The van der Waals surface area contributed by atoms with Crippen molar-refractivity contribution in [1.82, 2.24) is 10.1 Å². The summed E-state index contributed by atoms with van der Waals surface area (Å²) in [5, 5.41) is 4.34. The van der Waals surface area contributed by atoms with Gasteiger partial charge in [-0.3, -0.25) is 0 Å². The summed E-state index contributed by atoms with van der Waals surface area (Å²) in [5.41, 5.74) is 12.6. The third kappa shape index (κ3) is 12.0. The largest absolute Gasteiger partial charge is 0.351 e. The molecule has 0 bridgehead atoms. The Morgan fingerprint density at radius 3 is 0.618 bits per heavy atom. The fraction of sp³-hybridized carbons (Fsp3) is 0.600. The maximum Gasteiger partial charge on any atom is 0.175 e. The molecule has 0 spiro atoms. The standard InChI is InChI=1S/C60H92N2O4P2/c1-53(2,3)37-25-29-41(45(33-37)57(13,14)15)49-50(42-30-26-38(54(4,5)6)34-46(42)58(16,17)18)62(66-68-64)52(44-32-28-40(56(10,11)12)36-48(44)60(22,23)24)51(61(49)65-67-63)43-31-27-39(55(7,8)9)35-47(43)59(19,20)21/h25-36,49-52,63-64,67-68H,1-24H3. The SMILES string of the molecule is CC(C)(C)c1ccc(C2C(c3ccc(C(C)(C)C)cc3C(C)(C)C)N(OPO)C(c3ccc(C(C)(C)C)cc3C(C)(C)C)C(c3ccc(C(C)(C)C)cc3C(C)(C)C)N2OPO)c(C(C)(C)C)c1. The van der Waals surface area contributed by atoms with Crippen molar-refractivity contribution in [2.75, 3.05) is 0 Å². The Hall–Kier alpha value is -2.50. The van der Waals surface area contributed by atoms with Crippen LogP contribution in [0.4, 0.5) is 0 Å². The van der Waals surface area contributed by atoms with Crippen molar-refractivity contribution in [3.05, 3.63) is 140 Å². The molecule has 1 fully saturated rings. The quantitative estimate of drug-likeness (QED) is 0.172. The van der Waals surface area contributed by atoms with Crippen LogP contribution in [-0.2, 0) is 52.6 Å². The van der Waals surface area contributed by atoms with E-state index < -0.39 is 42.2 Å². The molecule has 2 N–H and O–H groups in total. The van der Waals surface area contributed by atoms with Crippen molar-refractivity contribution in [2.45, 2.75) is 234 Å². The minimum atomic E-state index is -0.845. The van der Waals surface area contributed by atoms with E-state index >= 15 is 0 Å². The number of hydrogen-bond acceptors (Lipinski definition) is 6. The lowest BCUT2D eigenvalue weighted by atomic mass is 9.69. The zero-order valence-electron chi connectivity index (χ0n) is 46.8. The maximum atomic E-state index is 11.5. The van der Waals surface area contributed by atoms with Crippen LogP contribution in [0.3, 0.4) is 0 Å². The highest BCUT2D eigenvalue weighted by molar-refractivity contribution is 7.25. The van der Waals surface area contributed by atoms with Crippen LogP contribution in [0.1, 0.15) is 257 Å². The van der Waals surface area contributed by atoms with E-state index in [2.05, 4.69) is 249 Å². The van der Waals surface area contributed by atoms with Crippen molar-refractivity contribution in [1.29, 1.82) is 0 Å². The Morgan fingerprint density at radius 1 is 0.309 bits per heavy atom. The molecule has 1 aliphatic heterocycles. The molecule has 68 heavy (non-hydrogen) atoms. The van der Waals surface area contributed by atoms with Gasteiger partial charge in [0.25, 0.3) is 0 Å². The minimum absolute atomic E-state index is 0.102. The first-order valence-corrected chi connectivity index (χ1v) is 26.7. The molecule has 4 aromatic rings. The minimum Gasteiger partial charge on any atom is -0.351 e. The molecular weight excluding hydrogens is 875 g/mol. The second-order valence-electron chi connectivity index (χ2n) is 28.1. The lowest BCUT2D eigenvalue weighted by molar-refractivity contribution is -0.274. The van der Waals surface area contributed by atoms with E-state index in [-0.39, 0.29) is 43.3 Å². The smallest absolute Gasteiger partial charge is 0.175 e. The van der Waals surface area contributed by atoms with Crippen LogP contribution in [-0.4, -0.2) is 19.9 Å². The maximum absolute atomic E-state index is 11.5. The lowest BCUT2D eigenvalue weighted by Gasteiger charge is -2.56. The molecule has 6 nitrogen and oxygen atoms in total. The van der Waals surface area contributed by atoms with Gasteiger partial charge in [0.1, 0.15) is 0 Å². The van der Waals surface area contributed by atoms with Crippen LogP contribution in [0.2, 0.25) is 0 Å². The van der Waals surface area contributed by atoms with E-state index in [1.807, 2.05) is 0 Å². The number of hydroxylamine groups is 4.